The van der Waals surface area contributed by atoms with Crippen molar-refractivity contribution in [2.24, 2.45) is 7.05 Å². The first-order valence-electron chi connectivity index (χ1n) is 7.72. The fourth-order valence-electron chi connectivity index (χ4n) is 2.28. The van der Waals surface area contributed by atoms with E-state index in [1.165, 1.54) is 23.9 Å². The highest BCUT2D eigenvalue weighted by Crippen LogP contribution is 2.26. The molecular weight excluding hydrogens is 339 g/mol. The number of carbonyl (C=O) groups is 1. The molecule has 0 radical (unpaired) electrons. The molecule has 1 heterocycles. The number of halogens is 1. The summed E-state index contributed by atoms with van der Waals surface area (Å²) >= 11 is 1.30. The molecule has 1 amide bonds. The molecule has 5 nitrogen and oxygen atoms in total. The van der Waals surface area contributed by atoms with Gasteiger partial charge in [-0.1, -0.05) is 48.2 Å². The molecule has 0 spiro atoms. The summed E-state index contributed by atoms with van der Waals surface area (Å²) in [6.45, 7) is 1.77. The zero-order valence-electron chi connectivity index (χ0n) is 13.8. The molecule has 3 aromatic rings. The van der Waals surface area contributed by atoms with Crippen LogP contribution in [0.25, 0.3) is 11.4 Å². The van der Waals surface area contributed by atoms with E-state index in [1.54, 1.807) is 19.1 Å². The van der Waals surface area contributed by atoms with Gasteiger partial charge in [-0.25, -0.2) is 4.39 Å². The van der Waals surface area contributed by atoms with Gasteiger partial charge in [0.05, 0.1) is 5.25 Å². The minimum atomic E-state index is -0.408. The zero-order valence-corrected chi connectivity index (χ0v) is 14.6. The van der Waals surface area contributed by atoms with E-state index in [1.807, 2.05) is 41.9 Å². The first kappa shape index (κ1) is 17.2. The lowest BCUT2D eigenvalue weighted by molar-refractivity contribution is -0.115. The van der Waals surface area contributed by atoms with Crippen molar-refractivity contribution in [3.8, 4) is 11.4 Å². The molecule has 0 aliphatic rings. The summed E-state index contributed by atoms with van der Waals surface area (Å²) in [6.07, 6.45) is 0. The predicted octanol–water partition coefficient (Wildman–Crippen LogP) is 3.74. The van der Waals surface area contributed by atoms with Gasteiger partial charge in [-0.05, 0) is 25.1 Å². The molecule has 1 atom stereocenters. The first-order valence-corrected chi connectivity index (χ1v) is 8.60. The number of amides is 1. The van der Waals surface area contributed by atoms with E-state index in [2.05, 4.69) is 15.5 Å². The first-order chi connectivity index (χ1) is 12.0. The summed E-state index contributed by atoms with van der Waals surface area (Å²) in [5.41, 5.74) is 1.39. The van der Waals surface area contributed by atoms with Gasteiger partial charge >= 0.3 is 0 Å². The summed E-state index contributed by atoms with van der Waals surface area (Å²) < 4.78 is 15.1. The van der Waals surface area contributed by atoms with Crippen molar-refractivity contribution in [3.05, 3.63) is 60.4 Å². The lowest BCUT2D eigenvalue weighted by Gasteiger charge is -2.11. The van der Waals surface area contributed by atoms with Crippen molar-refractivity contribution in [2.45, 2.75) is 17.3 Å². The summed E-state index contributed by atoms with van der Waals surface area (Å²) in [5, 5.41) is 11.3. The van der Waals surface area contributed by atoms with Gasteiger partial charge in [-0.2, -0.15) is 0 Å². The van der Waals surface area contributed by atoms with Crippen molar-refractivity contribution in [2.75, 3.05) is 5.32 Å². The molecule has 1 aromatic heterocycles. The van der Waals surface area contributed by atoms with Crippen molar-refractivity contribution in [1.29, 1.82) is 0 Å². The lowest BCUT2D eigenvalue weighted by atomic mass is 10.2. The standard InChI is InChI=1S/C18H17FN4OS/c1-12(17(24)20-15-10-6-9-14(19)11-15)25-18-22-21-16(23(18)2)13-7-4-3-5-8-13/h3-12H,1-2H3,(H,20,24)/t12-/m1/s1. The Kier molecular flexibility index (Phi) is 5.14. The summed E-state index contributed by atoms with van der Waals surface area (Å²) in [4.78, 5) is 12.3. The molecule has 0 saturated carbocycles. The molecule has 7 heteroatoms. The minimum absolute atomic E-state index is 0.222. The van der Waals surface area contributed by atoms with Gasteiger partial charge in [-0.15, -0.1) is 10.2 Å². The van der Waals surface area contributed by atoms with Gasteiger partial charge in [0.2, 0.25) is 5.91 Å². The fraction of sp³-hybridized carbons (Fsp3) is 0.167. The van der Waals surface area contributed by atoms with Crippen LogP contribution >= 0.6 is 11.8 Å². The number of hydrogen-bond donors (Lipinski definition) is 1. The van der Waals surface area contributed by atoms with Crippen molar-refractivity contribution < 1.29 is 9.18 Å². The molecule has 3 rings (SSSR count). The topological polar surface area (TPSA) is 59.8 Å². The third-order valence-electron chi connectivity index (χ3n) is 3.61. The van der Waals surface area contributed by atoms with Gasteiger partial charge in [0, 0.05) is 18.3 Å². The van der Waals surface area contributed by atoms with Gasteiger partial charge in [0.15, 0.2) is 11.0 Å². The van der Waals surface area contributed by atoms with Gasteiger partial charge in [-0.3, -0.25) is 4.79 Å². The molecule has 0 aliphatic carbocycles. The van der Waals surface area contributed by atoms with E-state index in [-0.39, 0.29) is 11.7 Å². The molecule has 1 N–H and O–H groups in total. The predicted molar refractivity (Wildman–Crippen MR) is 96.8 cm³/mol. The van der Waals surface area contributed by atoms with Crippen LogP contribution in [0, 0.1) is 5.82 Å². The Balaban J connectivity index is 1.70. The Bertz CT molecular complexity index is 882. The SMILES string of the molecule is C[C@@H](Sc1nnc(-c2ccccc2)n1C)C(=O)Nc1cccc(F)c1. The molecule has 0 fully saturated rings. The largest absolute Gasteiger partial charge is 0.325 e. The third-order valence-corrected chi connectivity index (χ3v) is 4.74. The average Bonchev–Trinajstić information content (AvgIpc) is 2.96. The number of carbonyl (C=O) groups excluding carboxylic acids is 1. The van der Waals surface area contributed by atoms with E-state index in [0.29, 0.717) is 10.8 Å². The number of anilines is 1. The van der Waals surface area contributed by atoms with Crippen LogP contribution in [-0.4, -0.2) is 25.9 Å². The Morgan fingerprint density at radius 2 is 1.92 bits per heavy atom. The number of thioether (sulfide) groups is 1. The molecular formula is C18H17FN4OS. The summed E-state index contributed by atoms with van der Waals surface area (Å²) in [6, 6.07) is 15.5. The lowest BCUT2D eigenvalue weighted by Crippen LogP contribution is -2.22. The number of rotatable bonds is 5. The number of nitrogens with zero attached hydrogens (tertiary/aromatic N) is 3. The number of nitrogens with one attached hydrogen (secondary N) is 1. The number of aromatic nitrogens is 3. The van der Waals surface area contributed by atoms with Crippen LogP contribution in [0.4, 0.5) is 10.1 Å². The molecule has 128 valence electrons. The maximum Gasteiger partial charge on any atom is 0.237 e. The van der Waals surface area contributed by atoms with E-state index in [4.69, 9.17) is 0 Å². The highest BCUT2D eigenvalue weighted by atomic mass is 32.2. The average molecular weight is 356 g/mol. The minimum Gasteiger partial charge on any atom is -0.325 e. The van der Waals surface area contributed by atoms with Crippen LogP contribution in [0.1, 0.15) is 6.92 Å². The molecule has 0 unspecified atom stereocenters. The highest BCUT2D eigenvalue weighted by molar-refractivity contribution is 8.00. The Hall–Kier alpha value is -2.67. The number of benzene rings is 2. The van der Waals surface area contributed by atoms with Crippen molar-refractivity contribution in [3.63, 3.8) is 0 Å². The van der Waals surface area contributed by atoms with Crippen molar-refractivity contribution >= 4 is 23.4 Å². The molecule has 2 aromatic carbocycles. The second-order valence-electron chi connectivity index (χ2n) is 5.49. The summed E-state index contributed by atoms with van der Waals surface area (Å²) in [7, 11) is 1.86. The smallest absolute Gasteiger partial charge is 0.237 e. The maximum atomic E-state index is 13.2. The van der Waals surface area contributed by atoms with Gasteiger partial charge in [0.1, 0.15) is 5.82 Å². The van der Waals surface area contributed by atoms with Crippen LogP contribution < -0.4 is 5.32 Å². The Morgan fingerprint density at radius 3 is 2.64 bits per heavy atom. The van der Waals surface area contributed by atoms with Gasteiger partial charge in [0.25, 0.3) is 0 Å². The van der Waals surface area contributed by atoms with E-state index in [0.717, 1.165) is 11.4 Å². The molecule has 0 bridgehead atoms. The fourth-order valence-corrected chi connectivity index (χ4v) is 3.09. The monoisotopic (exact) mass is 356 g/mol. The quantitative estimate of drug-likeness (QED) is 0.708. The maximum absolute atomic E-state index is 13.2. The Labute approximate surface area is 149 Å². The third kappa shape index (κ3) is 4.06. The van der Waals surface area contributed by atoms with E-state index in [9.17, 15) is 9.18 Å². The van der Waals surface area contributed by atoms with Crippen LogP contribution in [-0.2, 0) is 11.8 Å². The van der Waals surface area contributed by atoms with Crippen LogP contribution in [0.2, 0.25) is 0 Å². The Morgan fingerprint density at radius 1 is 1.16 bits per heavy atom. The zero-order chi connectivity index (χ0) is 17.8. The van der Waals surface area contributed by atoms with Crippen LogP contribution in [0.15, 0.2) is 59.8 Å². The van der Waals surface area contributed by atoms with E-state index < -0.39 is 5.25 Å². The molecule has 0 aliphatic heterocycles. The number of hydrogen-bond acceptors (Lipinski definition) is 4. The molecule has 25 heavy (non-hydrogen) atoms. The van der Waals surface area contributed by atoms with Crippen LogP contribution in [0.5, 0.6) is 0 Å². The second-order valence-corrected chi connectivity index (χ2v) is 6.80. The van der Waals surface area contributed by atoms with Crippen molar-refractivity contribution in [1.82, 2.24) is 14.8 Å². The van der Waals surface area contributed by atoms with Crippen LogP contribution in [0.3, 0.4) is 0 Å². The van der Waals surface area contributed by atoms with E-state index >= 15 is 0 Å². The highest BCUT2D eigenvalue weighted by Gasteiger charge is 2.19. The molecule has 0 saturated heterocycles. The normalized spacial score (nSPS) is 12.0. The van der Waals surface area contributed by atoms with Gasteiger partial charge < -0.3 is 9.88 Å². The second kappa shape index (κ2) is 7.48. The summed E-state index contributed by atoms with van der Waals surface area (Å²) in [5.74, 6) is 0.125.